The summed E-state index contributed by atoms with van der Waals surface area (Å²) in [4.78, 5) is 40.3. The average Bonchev–Trinajstić information content (AvgIpc) is 3.46. The second-order valence-corrected chi connectivity index (χ2v) is 9.19. The Morgan fingerprint density at radius 3 is 2.46 bits per heavy atom. The second-order valence-electron chi connectivity index (χ2n) is 8.28. The molecule has 186 valence electrons. The van der Waals surface area contributed by atoms with E-state index in [1.165, 1.54) is 31.3 Å². The van der Waals surface area contributed by atoms with Gasteiger partial charge in [0.25, 0.3) is 5.91 Å². The molecule has 1 N–H and O–H groups in total. The number of aliphatic hydroxyl groups excluding tert-OH is 1. The van der Waals surface area contributed by atoms with E-state index in [0.717, 1.165) is 4.47 Å². The number of furan rings is 1. The summed E-state index contributed by atoms with van der Waals surface area (Å²) in [6, 6.07) is 18.9. The Hall–Kier alpha value is -4.37. The number of fused-ring (bicyclic) bond motifs is 1. The van der Waals surface area contributed by atoms with Crippen molar-refractivity contribution in [3.05, 3.63) is 105 Å². The highest BCUT2D eigenvalue weighted by molar-refractivity contribution is 9.10. The van der Waals surface area contributed by atoms with Gasteiger partial charge in [-0.25, -0.2) is 4.79 Å². The molecule has 1 aliphatic rings. The summed E-state index contributed by atoms with van der Waals surface area (Å²) in [5.41, 5.74) is 1.56. The van der Waals surface area contributed by atoms with Gasteiger partial charge in [0.2, 0.25) is 5.78 Å². The molecule has 1 atom stereocenters. The molecule has 4 aromatic rings. The molecule has 0 aliphatic carbocycles. The maximum Gasteiger partial charge on any atom is 0.337 e. The number of esters is 1. The second kappa shape index (κ2) is 9.59. The minimum absolute atomic E-state index is 0.0155. The van der Waals surface area contributed by atoms with E-state index in [1.54, 1.807) is 60.7 Å². The maximum atomic E-state index is 13.8. The summed E-state index contributed by atoms with van der Waals surface area (Å²) in [5.74, 6) is -2.11. The van der Waals surface area contributed by atoms with E-state index in [1.807, 2.05) is 0 Å². The Balaban J connectivity index is 1.63. The number of carbonyl (C=O) groups is 3. The predicted octanol–water partition coefficient (Wildman–Crippen LogP) is 5.77. The molecule has 37 heavy (non-hydrogen) atoms. The summed E-state index contributed by atoms with van der Waals surface area (Å²) >= 11 is 3.40. The lowest BCUT2D eigenvalue weighted by Crippen LogP contribution is -2.31. The average molecular weight is 562 g/mol. The van der Waals surface area contributed by atoms with Gasteiger partial charge in [0.15, 0.2) is 11.5 Å². The number of nitrogens with zero attached hydrogens (tertiary/aromatic N) is 1. The molecule has 0 saturated heterocycles. The number of anilines is 1. The summed E-state index contributed by atoms with van der Waals surface area (Å²) in [7, 11) is 2.78. The number of methoxy groups -OCH3 is 2. The third kappa shape index (κ3) is 4.27. The quantitative estimate of drug-likeness (QED) is 0.235. The number of ketones is 1. The molecule has 1 aliphatic heterocycles. The van der Waals surface area contributed by atoms with E-state index < -0.39 is 29.5 Å². The Kier molecular flexibility index (Phi) is 6.31. The number of carbonyl (C=O) groups excluding carboxylic acids is 3. The molecule has 5 rings (SSSR count). The van der Waals surface area contributed by atoms with Gasteiger partial charge in [-0.2, -0.15) is 0 Å². The number of aliphatic hydroxyl groups is 1. The molecule has 0 fully saturated rings. The summed E-state index contributed by atoms with van der Waals surface area (Å²) in [6.07, 6.45) is 0. The number of amides is 1. The first-order valence-electron chi connectivity index (χ1n) is 11.1. The van der Waals surface area contributed by atoms with Crippen LogP contribution in [0.15, 0.2) is 93.0 Å². The molecular formula is C28H20BrNO7. The van der Waals surface area contributed by atoms with Crippen molar-refractivity contribution >= 4 is 50.2 Å². The van der Waals surface area contributed by atoms with Gasteiger partial charge in [0.1, 0.15) is 11.3 Å². The van der Waals surface area contributed by atoms with Crippen LogP contribution in [0.2, 0.25) is 0 Å². The first kappa shape index (κ1) is 24.3. The highest BCUT2D eigenvalue weighted by atomic mass is 79.9. The molecule has 1 aromatic heterocycles. The number of ether oxygens (including phenoxy) is 2. The minimum Gasteiger partial charge on any atom is -0.503 e. The summed E-state index contributed by atoms with van der Waals surface area (Å²) in [6.45, 7) is 0. The van der Waals surface area contributed by atoms with Gasteiger partial charge in [-0.3, -0.25) is 14.5 Å². The number of Topliss-reactive ketones (excluding diaryl/α,β-unsaturated/α-hetero) is 1. The predicted molar refractivity (Wildman–Crippen MR) is 139 cm³/mol. The highest BCUT2D eigenvalue weighted by Crippen LogP contribution is 2.43. The Labute approximate surface area is 219 Å². The molecule has 1 amide bonds. The van der Waals surface area contributed by atoms with Crippen molar-refractivity contribution in [3.63, 3.8) is 0 Å². The number of hydrogen-bond acceptors (Lipinski definition) is 7. The van der Waals surface area contributed by atoms with Crippen LogP contribution in [-0.4, -0.2) is 37.0 Å². The molecule has 8 nitrogen and oxygen atoms in total. The Morgan fingerprint density at radius 1 is 1.00 bits per heavy atom. The zero-order valence-electron chi connectivity index (χ0n) is 19.7. The molecule has 1 unspecified atom stereocenters. The largest absolute Gasteiger partial charge is 0.503 e. The zero-order valence-corrected chi connectivity index (χ0v) is 21.3. The first-order chi connectivity index (χ1) is 17.8. The number of hydrogen-bond donors (Lipinski definition) is 1. The first-order valence-corrected chi connectivity index (χ1v) is 11.9. The molecule has 3 aromatic carbocycles. The van der Waals surface area contributed by atoms with Gasteiger partial charge < -0.3 is 19.0 Å². The third-order valence-electron chi connectivity index (χ3n) is 6.13. The lowest BCUT2D eigenvalue weighted by Gasteiger charge is -2.27. The lowest BCUT2D eigenvalue weighted by atomic mass is 9.94. The SMILES string of the molecule is COC(=O)c1ccc(N2C(=O)C(O)=C(C(=O)c3cc4cc(Br)ccc4o3)C2c2cccc(OC)c2)cc1. The molecule has 0 bridgehead atoms. The van der Waals surface area contributed by atoms with E-state index in [2.05, 4.69) is 15.9 Å². The van der Waals surface area contributed by atoms with Crippen LogP contribution in [0.25, 0.3) is 11.0 Å². The van der Waals surface area contributed by atoms with Crippen LogP contribution in [0.4, 0.5) is 5.69 Å². The molecule has 9 heteroatoms. The van der Waals surface area contributed by atoms with Crippen LogP contribution < -0.4 is 9.64 Å². The fourth-order valence-corrected chi connectivity index (χ4v) is 4.74. The summed E-state index contributed by atoms with van der Waals surface area (Å²) < 4.78 is 16.7. The van der Waals surface area contributed by atoms with Crippen molar-refractivity contribution in [3.8, 4) is 5.75 Å². The topological polar surface area (TPSA) is 106 Å². The van der Waals surface area contributed by atoms with Crippen LogP contribution in [0.3, 0.4) is 0 Å². The standard InChI is InChI=1S/C28H20BrNO7/c1-35-20-5-3-4-16(13-20)24-23(25(31)22-14-17-12-18(29)8-11-21(17)37-22)26(32)27(33)30(24)19-9-6-15(7-10-19)28(34)36-2/h3-14,24,32H,1-2H3. The van der Waals surface area contributed by atoms with E-state index in [9.17, 15) is 19.5 Å². The molecule has 0 radical (unpaired) electrons. The number of halogens is 1. The third-order valence-corrected chi connectivity index (χ3v) is 6.62. The lowest BCUT2D eigenvalue weighted by molar-refractivity contribution is -0.117. The Bertz CT molecular complexity index is 1590. The van der Waals surface area contributed by atoms with Gasteiger partial charge in [0.05, 0.1) is 31.4 Å². The number of rotatable bonds is 6. The fourth-order valence-electron chi connectivity index (χ4n) is 4.37. The van der Waals surface area contributed by atoms with Crippen LogP contribution >= 0.6 is 15.9 Å². The van der Waals surface area contributed by atoms with Gasteiger partial charge in [-0.15, -0.1) is 0 Å². The van der Waals surface area contributed by atoms with Gasteiger partial charge >= 0.3 is 5.97 Å². The van der Waals surface area contributed by atoms with Crippen molar-refractivity contribution in [2.24, 2.45) is 0 Å². The van der Waals surface area contributed by atoms with Crippen LogP contribution in [0.5, 0.6) is 5.75 Å². The number of benzene rings is 3. The van der Waals surface area contributed by atoms with Gasteiger partial charge in [-0.05, 0) is 66.2 Å². The van der Waals surface area contributed by atoms with E-state index in [-0.39, 0.29) is 16.9 Å². The van der Waals surface area contributed by atoms with Gasteiger partial charge in [-0.1, -0.05) is 28.1 Å². The van der Waals surface area contributed by atoms with E-state index in [0.29, 0.717) is 28.0 Å². The normalized spacial score (nSPS) is 15.4. The van der Waals surface area contributed by atoms with Crippen LogP contribution in [0.1, 0.15) is 32.5 Å². The zero-order chi connectivity index (χ0) is 26.3. The molecule has 0 saturated carbocycles. The van der Waals surface area contributed by atoms with Crippen molar-refractivity contribution in [1.29, 1.82) is 0 Å². The summed E-state index contributed by atoms with van der Waals surface area (Å²) in [5, 5.41) is 11.7. The van der Waals surface area contributed by atoms with E-state index in [4.69, 9.17) is 13.9 Å². The molecule has 2 heterocycles. The van der Waals surface area contributed by atoms with Gasteiger partial charge in [0, 0.05) is 15.5 Å². The molecule has 0 spiro atoms. The van der Waals surface area contributed by atoms with Crippen LogP contribution in [0, 0.1) is 0 Å². The van der Waals surface area contributed by atoms with E-state index >= 15 is 0 Å². The highest BCUT2D eigenvalue weighted by Gasteiger charge is 2.45. The smallest absolute Gasteiger partial charge is 0.337 e. The minimum atomic E-state index is -0.987. The Morgan fingerprint density at radius 2 is 1.76 bits per heavy atom. The fraction of sp³-hybridized carbons (Fsp3) is 0.107. The van der Waals surface area contributed by atoms with Crippen molar-refractivity contribution < 1.29 is 33.4 Å². The monoisotopic (exact) mass is 561 g/mol. The molecular weight excluding hydrogens is 542 g/mol. The van der Waals surface area contributed by atoms with Crippen molar-refractivity contribution in [2.45, 2.75) is 6.04 Å². The maximum absolute atomic E-state index is 13.8. The van der Waals surface area contributed by atoms with Crippen molar-refractivity contribution in [1.82, 2.24) is 0 Å². The van der Waals surface area contributed by atoms with Crippen molar-refractivity contribution in [2.75, 3.05) is 19.1 Å². The van der Waals surface area contributed by atoms with Crippen LogP contribution in [-0.2, 0) is 9.53 Å².